The maximum atomic E-state index is 5.09. The number of H-pyrrole nitrogens is 1. The Morgan fingerprint density at radius 3 is 2.80 bits per heavy atom. The van der Waals surface area contributed by atoms with Gasteiger partial charge in [-0.2, -0.15) is 5.10 Å². The average Bonchev–Trinajstić information content (AvgIpc) is 2.72. The van der Waals surface area contributed by atoms with Crippen LogP contribution in [-0.4, -0.2) is 19.7 Å². The zero-order valence-corrected chi connectivity index (χ0v) is 10.5. The van der Waals surface area contributed by atoms with E-state index in [1.165, 1.54) is 0 Å². The largest absolute Gasteiger partial charge is 0.303 e. The number of rotatable bonds is 2. The van der Waals surface area contributed by atoms with Crippen molar-refractivity contribution >= 4 is 23.6 Å². The van der Waals surface area contributed by atoms with Crippen molar-refractivity contribution in [3.05, 3.63) is 15.5 Å². The van der Waals surface area contributed by atoms with Crippen LogP contribution in [0.1, 0.15) is 17.6 Å². The zero-order valence-electron chi connectivity index (χ0n) is 8.87. The zero-order chi connectivity index (χ0) is 11.0. The van der Waals surface area contributed by atoms with Crippen LogP contribution in [0.2, 0.25) is 0 Å². The van der Waals surface area contributed by atoms with Crippen LogP contribution in [0.25, 0.3) is 10.7 Å². The lowest BCUT2D eigenvalue weighted by Crippen LogP contribution is -1.93. The Morgan fingerprint density at radius 1 is 1.53 bits per heavy atom. The second kappa shape index (κ2) is 3.86. The molecule has 2 aromatic rings. The van der Waals surface area contributed by atoms with Gasteiger partial charge in [0.15, 0.2) is 10.6 Å². The van der Waals surface area contributed by atoms with Crippen LogP contribution in [0.15, 0.2) is 0 Å². The molecule has 0 radical (unpaired) electrons. The molecule has 0 saturated carbocycles. The van der Waals surface area contributed by atoms with Crippen molar-refractivity contribution in [1.82, 2.24) is 19.7 Å². The Labute approximate surface area is 97.0 Å². The number of hydrogen-bond acceptors (Lipinski definition) is 4. The van der Waals surface area contributed by atoms with Crippen molar-refractivity contribution in [2.24, 2.45) is 7.05 Å². The van der Waals surface area contributed by atoms with Crippen molar-refractivity contribution in [2.45, 2.75) is 20.3 Å². The monoisotopic (exact) mass is 240 g/mol. The molecule has 0 unspecified atom stereocenters. The lowest BCUT2D eigenvalue weighted by atomic mass is 10.3. The predicted octanol–water partition coefficient (Wildman–Crippen LogP) is 2.47. The number of hydrogen-bond donors (Lipinski definition) is 1. The van der Waals surface area contributed by atoms with E-state index in [0.29, 0.717) is 4.77 Å². The van der Waals surface area contributed by atoms with Gasteiger partial charge in [-0.3, -0.25) is 5.10 Å². The summed E-state index contributed by atoms with van der Waals surface area (Å²) in [5.41, 5.74) is 1.09. The fraction of sp³-hybridized carbons (Fsp3) is 0.444. The fourth-order valence-electron chi connectivity index (χ4n) is 1.43. The summed E-state index contributed by atoms with van der Waals surface area (Å²) in [6.45, 7) is 4.11. The molecule has 4 nitrogen and oxygen atoms in total. The number of nitrogens with zero attached hydrogens (tertiary/aromatic N) is 3. The summed E-state index contributed by atoms with van der Waals surface area (Å²) >= 11 is 6.75. The van der Waals surface area contributed by atoms with Crippen molar-refractivity contribution in [2.75, 3.05) is 0 Å². The SMILES string of the molecule is CCc1nc(C)sc1-c1n[nH]c(=S)n1C. The van der Waals surface area contributed by atoms with Crippen molar-refractivity contribution in [3.63, 3.8) is 0 Å². The maximum Gasteiger partial charge on any atom is 0.195 e. The third kappa shape index (κ3) is 1.74. The predicted molar refractivity (Wildman–Crippen MR) is 63.6 cm³/mol. The number of aromatic nitrogens is 4. The van der Waals surface area contributed by atoms with E-state index < -0.39 is 0 Å². The van der Waals surface area contributed by atoms with E-state index in [4.69, 9.17) is 12.2 Å². The van der Waals surface area contributed by atoms with Gasteiger partial charge in [0.25, 0.3) is 0 Å². The molecular weight excluding hydrogens is 228 g/mol. The first kappa shape index (κ1) is 10.5. The normalized spacial score (nSPS) is 10.9. The van der Waals surface area contributed by atoms with Gasteiger partial charge in [0, 0.05) is 7.05 Å². The van der Waals surface area contributed by atoms with E-state index in [1.54, 1.807) is 11.3 Å². The number of thiazole rings is 1. The van der Waals surface area contributed by atoms with Gasteiger partial charge in [-0.1, -0.05) is 6.92 Å². The molecule has 1 N–H and O–H groups in total. The van der Waals surface area contributed by atoms with Crippen molar-refractivity contribution < 1.29 is 0 Å². The standard InChI is InChI=1S/C9H12N4S2/c1-4-6-7(15-5(2)10-6)8-11-12-9(14)13(8)3/h4H2,1-3H3,(H,12,14). The Bertz CT molecular complexity index is 535. The van der Waals surface area contributed by atoms with Gasteiger partial charge >= 0.3 is 0 Å². The minimum atomic E-state index is 0.637. The van der Waals surface area contributed by atoms with Gasteiger partial charge in [-0.05, 0) is 25.6 Å². The number of aryl methyl sites for hydroxylation is 2. The van der Waals surface area contributed by atoms with Crippen LogP contribution in [0.4, 0.5) is 0 Å². The summed E-state index contributed by atoms with van der Waals surface area (Å²) in [6.07, 6.45) is 0.916. The van der Waals surface area contributed by atoms with Gasteiger partial charge in [0.05, 0.1) is 15.6 Å². The molecule has 80 valence electrons. The van der Waals surface area contributed by atoms with Crippen LogP contribution in [0.3, 0.4) is 0 Å². The highest BCUT2D eigenvalue weighted by molar-refractivity contribution is 7.71. The van der Waals surface area contributed by atoms with E-state index in [1.807, 2.05) is 18.5 Å². The van der Waals surface area contributed by atoms with Gasteiger partial charge in [-0.15, -0.1) is 11.3 Å². The molecule has 2 aromatic heterocycles. The summed E-state index contributed by atoms with van der Waals surface area (Å²) in [6, 6.07) is 0. The molecule has 0 saturated heterocycles. The molecule has 0 atom stereocenters. The average molecular weight is 240 g/mol. The van der Waals surface area contributed by atoms with E-state index in [2.05, 4.69) is 22.1 Å². The molecule has 0 aromatic carbocycles. The third-order valence-corrected chi connectivity index (χ3v) is 3.60. The first-order valence-corrected chi connectivity index (χ1v) is 5.94. The number of nitrogens with one attached hydrogen (secondary N) is 1. The molecular formula is C9H12N4S2. The van der Waals surface area contributed by atoms with Gasteiger partial charge < -0.3 is 4.57 Å². The molecule has 0 amide bonds. The van der Waals surface area contributed by atoms with Gasteiger partial charge in [0.2, 0.25) is 0 Å². The summed E-state index contributed by atoms with van der Waals surface area (Å²) in [5.74, 6) is 0.877. The number of aromatic amines is 1. The van der Waals surface area contributed by atoms with E-state index in [-0.39, 0.29) is 0 Å². The minimum Gasteiger partial charge on any atom is -0.303 e. The second-order valence-electron chi connectivity index (χ2n) is 3.27. The molecule has 0 spiro atoms. The van der Waals surface area contributed by atoms with Crippen molar-refractivity contribution in [1.29, 1.82) is 0 Å². The Hall–Kier alpha value is -1.01. The second-order valence-corrected chi connectivity index (χ2v) is 4.86. The van der Waals surface area contributed by atoms with Gasteiger partial charge in [-0.25, -0.2) is 4.98 Å². The molecule has 2 heterocycles. The van der Waals surface area contributed by atoms with Crippen LogP contribution < -0.4 is 0 Å². The highest BCUT2D eigenvalue weighted by Crippen LogP contribution is 2.28. The van der Waals surface area contributed by atoms with Crippen molar-refractivity contribution in [3.8, 4) is 10.7 Å². The maximum absolute atomic E-state index is 5.09. The summed E-state index contributed by atoms with van der Waals surface area (Å²) in [7, 11) is 1.91. The summed E-state index contributed by atoms with van der Waals surface area (Å²) in [4.78, 5) is 5.59. The molecule has 2 rings (SSSR count). The van der Waals surface area contributed by atoms with Crippen LogP contribution in [0.5, 0.6) is 0 Å². The molecule has 0 bridgehead atoms. The smallest absolute Gasteiger partial charge is 0.195 e. The first-order valence-electron chi connectivity index (χ1n) is 4.71. The lowest BCUT2D eigenvalue weighted by Gasteiger charge is -1.98. The molecule has 0 fully saturated rings. The Balaban J connectivity index is 2.62. The van der Waals surface area contributed by atoms with E-state index >= 15 is 0 Å². The Kier molecular flexibility index (Phi) is 2.70. The van der Waals surface area contributed by atoms with Crippen LogP contribution >= 0.6 is 23.6 Å². The summed E-state index contributed by atoms with van der Waals surface area (Å²) in [5, 5.41) is 8.08. The molecule has 0 aliphatic carbocycles. The molecule has 6 heteroatoms. The summed E-state index contributed by atoms with van der Waals surface area (Å²) < 4.78 is 2.51. The third-order valence-electron chi connectivity index (χ3n) is 2.22. The van der Waals surface area contributed by atoms with Crippen LogP contribution in [-0.2, 0) is 13.5 Å². The quantitative estimate of drug-likeness (QED) is 0.820. The molecule has 0 aliphatic heterocycles. The highest BCUT2D eigenvalue weighted by atomic mass is 32.1. The fourth-order valence-corrected chi connectivity index (χ4v) is 2.60. The van der Waals surface area contributed by atoms with E-state index in [9.17, 15) is 0 Å². The Morgan fingerprint density at radius 2 is 2.27 bits per heavy atom. The lowest BCUT2D eigenvalue weighted by molar-refractivity contribution is 0.900. The van der Waals surface area contributed by atoms with Crippen LogP contribution in [0, 0.1) is 11.7 Å². The minimum absolute atomic E-state index is 0.637. The van der Waals surface area contributed by atoms with Gasteiger partial charge in [0.1, 0.15) is 0 Å². The molecule has 15 heavy (non-hydrogen) atoms. The topological polar surface area (TPSA) is 46.5 Å². The molecule has 0 aliphatic rings. The van der Waals surface area contributed by atoms with E-state index in [0.717, 1.165) is 27.8 Å². The highest BCUT2D eigenvalue weighted by Gasteiger charge is 2.14. The first-order chi connectivity index (χ1) is 7.13.